The van der Waals surface area contributed by atoms with E-state index in [1.54, 1.807) is 0 Å². The zero-order valence-electron chi connectivity index (χ0n) is 16.3. The lowest BCUT2D eigenvalue weighted by Crippen LogP contribution is -2.42. The minimum atomic E-state index is -0.146. The number of nitrogens with zero attached hydrogens (tertiary/aromatic N) is 3. The van der Waals surface area contributed by atoms with Crippen LogP contribution < -0.4 is 0 Å². The Morgan fingerprint density at radius 1 is 1.00 bits per heavy atom. The smallest absolute Gasteiger partial charge is 0.320 e. The Morgan fingerprint density at radius 2 is 1.65 bits per heavy atom. The molecule has 26 heavy (non-hydrogen) atoms. The van der Waals surface area contributed by atoms with Gasteiger partial charge in [0.2, 0.25) is 5.91 Å². The molecule has 3 rings (SSSR count). The van der Waals surface area contributed by atoms with Crippen molar-refractivity contribution in [2.24, 2.45) is 11.8 Å². The number of ether oxygens (including phenoxy) is 1. The van der Waals surface area contributed by atoms with Crippen LogP contribution in [0.25, 0.3) is 0 Å². The average molecular weight is 366 g/mol. The highest BCUT2D eigenvalue weighted by Gasteiger charge is 2.29. The quantitative estimate of drug-likeness (QED) is 0.669. The third kappa shape index (κ3) is 5.68. The monoisotopic (exact) mass is 365 g/mol. The molecule has 0 unspecified atom stereocenters. The van der Waals surface area contributed by atoms with Crippen LogP contribution in [-0.2, 0) is 14.3 Å². The van der Waals surface area contributed by atoms with Crippen molar-refractivity contribution in [2.45, 2.75) is 44.9 Å². The molecule has 0 N–H and O–H groups in total. The van der Waals surface area contributed by atoms with Crippen LogP contribution in [0.2, 0.25) is 0 Å². The minimum absolute atomic E-state index is 0.146. The topological polar surface area (TPSA) is 53.1 Å². The van der Waals surface area contributed by atoms with Crippen molar-refractivity contribution in [3.8, 4) is 0 Å². The van der Waals surface area contributed by atoms with Crippen LogP contribution in [0.5, 0.6) is 0 Å². The molecule has 3 saturated heterocycles. The maximum absolute atomic E-state index is 12.1. The molecule has 3 aliphatic rings. The number of piperidine rings is 3. The predicted molar refractivity (Wildman–Crippen MR) is 101 cm³/mol. The third-order valence-electron chi connectivity index (χ3n) is 6.46. The van der Waals surface area contributed by atoms with Gasteiger partial charge in [-0.1, -0.05) is 0 Å². The molecular formula is C20H35N3O3. The van der Waals surface area contributed by atoms with Crippen molar-refractivity contribution in [3.05, 3.63) is 0 Å². The number of hydrogen-bond donors (Lipinski definition) is 0. The standard InChI is InChI=1S/C20H35N3O3/c1-21-10-5-17(6-11-21)18-7-12-22(13-8-18)16-20(25)26-15-14-23-9-3-2-4-19(23)24/h17-18H,2-16H2,1H3. The van der Waals surface area contributed by atoms with Crippen LogP contribution in [0.3, 0.4) is 0 Å². The first-order valence-corrected chi connectivity index (χ1v) is 10.5. The van der Waals surface area contributed by atoms with E-state index in [1.807, 2.05) is 4.90 Å². The number of carbonyl (C=O) groups is 2. The minimum Gasteiger partial charge on any atom is -0.463 e. The normalized spacial score (nSPS) is 24.8. The molecule has 0 radical (unpaired) electrons. The molecule has 1 amide bonds. The Labute approximate surface area is 157 Å². The summed E-state index contributed by atoms with van der Waals surface area (Å²) in [6, 6.07) is 0. The van der Waals surface area contributed by atoms with Gasteiger partial charge in [0.25, 0.3) is 0 Å². The van der Waals surface area contributed by atoms with Crippen molar-refractivity contribution in [2.75, 3.05) is 59.5 Å². The van der Waals surface area contributed by atoms with Crippen LogP contribution in [0.15, 0.2) is 0 Å². The molecule has 0 bridgehead atoms. The molecule has 0 aromatic rings. The first-order chi connectivity index (χ1) is 12.6. The summed E-state index contributed by atoms with van der Waals surface area (Å²) in [5.74, 6) is 1.76. The highest BCUT2D eigenvalue weighted by molar-refractivity contribution is 5.76. The van der Waals surface area contributed by atoms with Gasteiger partial charge in [0.05, 0.1) is 13.1 Å². The second kappa shape index (κ2) is 9.70. The van der Waals surface area contributed by atoms with Gasteiger partial charge >= 0.3 is 5.97 Å². The number of esters is 1. The largest absolute Gasteiger partial charge is 0.463 e. The Morgan fingerprint density at radius 3 is 2.31 bits per heavy atom. The lowest BCUT2D eigenvalue weighted by molar-refractivity contribution is -0.147. The molecule has 148 valence electrons. The Kier molecular flexibility index (Phi) is 7.32. The van der Waals surface area contributed by atoms with Gasteiger partial charge in [-0.15, -0.1) is 0 Å². The molecule has 0 saturated carbocycles. The van der Waals surface area contributed by atoms with Gasteiger partial charge in [-0.25, -0.2) is 0 Å². The summed E-state index contributed by atoms with van der Waals surface area (Å²) < 4.78 is 5.37. The molecule has 3 aliphatic heterocycles. The molecule has 0 aromatic heterocycles. The van der Waals surface area contributed by atoms with Gasteiger partial charge in [-0.05, 0) is 83.6 Å². The average Bonchev–Trinajstić information content (AvgIpc) is 2.65. The molecule has 3 fully saturated rings. The van der Waals surface area contributed by atoms with Crippen LogP contribution in [0, 0.1) is 11.8 Å². The number of carbonyl (C=O) groups excluding carboxylic acids is 2. The second-order valence-electron chi connectivity index (χ2n) is 8.31. The summed E-state index contributed by atoms with van der Waals surface area (Å²) in [5.41, 5.74) is 0. The molecular weight excluding hydrogens is 330 g/mol. The number of rotatable bonds is 6. The molecule has 3 heterocycles. The van der Waals surface area contributed by atoms with Crippen molar-refractivity contribution in [3.63, 3.8) is 0 Å². The lowest BCUT2D eigenvalue weighted by Gasteiger charge is -2.39. The number of likely N-dealkylation sites (tertiary alicyclic amines) is 3. The van der Waals surface area contributed by atoms with Gasteiger partial charge in [-0.3, -0.25) is 14.5 Å². The molecule has 0 atom stereocenters. The fourth-order valence-electron chi connectivity index (χ4n) is 4.68. The summed E-state index contributed by atoms with van der Waals surface area (Å²) in [6.45, 7) is 6.56. The number of amides is 1. The zero-order chi connectivity index (χ0) is 18.4. The van der Waals surface area contributed by atoms with Gasteiger partial charge in [0, 0.05) is 13.0 Å². The molecule has 0 spiro atoms. The Hall–Kier alpha value is -1.14. The van der Waals surface area contributed by atoms with Gasteiger partial charge in [0.1, 0.15) is 6.61 Å². The van der Waals surface area contributed by atoms with E-state index in [1.165, 1.54) is 38.8 Å². The van der Waals surface area contributed by atoms with Crippen molar-refractivity contribution >= 4 is 11.9 Å². The van der Waals surface area contributed by atoms with Gasteiger partial charge < -0.3 is 14.5 Å². The van der Waals surface area contributed by atoms with Gasteiger partial charge in [0.15, 0.2) is 0 Å². The van der Waals surface area contributed by atoms with Crippen LogP contribution in [0.1, 0.15) is 44.9 Å². The van der Waals surface area contributed by atoms with Crippen LogP contribution in [0.4, 0.5) is 0 Å². The Balaban J connectivity index is 1.29. The first-order valence-electron chi connectivity index (χ1n) is 10.5. The van der Waals surface area contributed by atoms with E-state index in [4.69, 9.17) is 4.74 Å². The Bertz CT molecular complexity index is 469. The van der Waals surface area contributed by atoms with E-state index in [-0.39, 0.29) is 11.9 Å². The van der Waals surface area contributed by atoms with Gasteiger partial charge in [-0.2, -0.15) is 0 Å². The maximum Gasteiger partial charge on any atom is 0.320 e. The third-order valence-corrected chi connectivity index (χ3v) is 6.46. The van der Waals surface area contributed by atoms with E-state index < -0.39 is 0 Å². The number of hydrogen-bond acceptors (Lipinski definition) is 5. The van der Waals surface area contributed by atoms with E-state index in [2.05, 4.69) is 16.8 Å². The lowest BCUT2D eigenvalue weighted by atomic mass is 9.79. The van der Waals surface area contributed by atoms with Crippen LogP contribution >= 0.6 is 0 Å². The summed E-state index contributed by atoms with van der Waals surface area (Å²) >= 11 is 0. The summed E-state index contributed by atoms with van der Waals surface area (Å²) in [7, 11) is 2.21. The predicted octanol–water partition coefficient (Wildman–Crippen LogP) is 1.60. The highest BCUT2D eigenvalue weighted by atomic mass is 16.5. The first kappa shape index (κ1) is 19.6. The summed E-state index contributed by atoms with van der Waals surface area (Å²) in [4.78, 5) is 30.3. The SMILES string of the molecule is CN1CCC(C2CCN(CC(=O)OCCN3CCCCC3=O)CC2)CC1. The zero-order valence-corrected chi connectivity index (χ0v) is 16.3. The molecule has 6 nitrogen and oxygen atoms in total. The van der Waals surface area contributed by atoms with E-state index in [9.17, 15) is 9.59 Å². The van der Waals surface area contributed by atoms with E-state index in [0.717, 1.165) is 44.3 Å². The van der Waals surface area contributed by atoms with Crippen molar-refractivity contribution in [1.29, 1.82) is 0 Å². The van der Waals surface area contributed by atoms with Crippen LogP contribution in [-0.4, -0.2) is 86.0 Å². The van der Waals surface area contributed by atoms with Crippen molar-refractivity contribution < 1.29 is 14.3 Å². The second-order valence-corrected chi connectivity index (χ2v) is 8.31. The molecule has 6 heteroatoms. The summed E-state index contributed by atoms with van der Waals surface area (Å²) in [6.07, 6.45) is 7.78. The molecule has 0 aromatic carbocycles. The van der Waals surface area contributed by atoms with E-state index in [0.29, 0.717) is 26.1 Å². The summed E-state index contributed by atoms with van der Waals surface area (Å²) in [5, 5.41) is 0. The fraction of sp³-hybridized carbons (Fsp3) is 0.900. The maximum atomic E-state index is 12.1. The van der Waals surface area contributed by atoms with Crippen molar-refractivity contribution in [1.82, 2.24) is 14.7 Å². The fourth-order valence-corrected chi connectivity index (χ4v) is 4.68. The molecule has 0 aliphatic carbocycles. The highest BCUT2D eigenvalue weighted by Crippen LogP contribution is 2.32. The van der Waals surface area contributed by atoms with E-state index >= 15 is 0 Å².